The molecule has 0 saturated carbocycles. The van der Waals surface area contributed by atoms with Gasteiger partial charge in [-0.3, -0.25) is 14.9 Å². The topological polar surface area (TPSA) is 72.2 Å². The van der Waals surface area contributed by atoms with E-state index in [1.807, 2.05) is 0 Å². The molecule has 2 aromatic rings. The van der Waals surface area contributed by atoms with Crippen LogP contribution in [0.3, 0.4) is 0 Å². The van der Waals surface area contributed by atoms with Crippen molar-refractivity contribution in [3.63, 3.8) is 0 Å². The number of halogens is 1. The quantitative estimate of drug-likeness (QED) is 0.692. The maximum Gasteiger partial charge on any atom is 0.274 e. The molecule has 0 aromatic heterocycles. The van der Waals surface area contributed by atoms with Crippen LogP contribution >= 0.6 is 0 Å². The number of nitrogens with one attached hydrogen (secondary N) is 1. The summed E-state index contributed by atoms with van der Waals surface area (Å²) >= 11 is 0. The molecular formula is C15H13FN2O3. The highest BCUT2D eigenvalue weighted by molar-refractivity contribution is 6.05. The second kappa shape index (κ2) is 5.70. The van der Waals surface area contributed by atoms with Crippen molar-refractivity contribution in [1.29, 1.82) is 0 Å². The predicted octanol–water partition coefficient (Wildman–Crippen LogP) is 3.60. The van der Waals surface area contributed by atoms with Gasteiger partial charge in [-0.25, -0.2) is 4.39 Å². The molecule has 0 heterocycles. The summed E-state index contributed by atoms with van der Waals surface area (Å²) in [6, 6.07) is 8.45. The Morgan fingerprint density at radius 3 is 2.57 bits per heavy atom. The van der Waals surface area contributed by atoms with Gasteiger partial charge in [0.2, 0.25) is 0 Å². The fraction of sp³-hybridized carbons (Fsp3) is 0.133. The molecule has 0 aliphatic carbocycles. The van der Waals surface area contributed by atoms with Crippen LogP contribution in [0.15, 0.2) is 36.4 Å². The maximum atomic E-state index is 13.2. The number of hydrogen-bond donors (Lipinski definition) is 1. The van der Waals surface area contributed by atoms with Crippen molar-refractivity contribution in [1.82, 2.24) is 0 Å². The number of hydrogen-bond acceptors (Lipinski definition) is 3. The smallest absolute Gasteiger partial charge is 0.274 e. The number of nitrogens with zero attached hydrogens (tertiary/aromatic N) is 1. The second-order valence-electron chi connectivity index (χ2n) is 4.62. The van der Waals surface area contributed by atoms with Gasteiger partial charge in [-0.15, -0.1) is 0 Å². The SMILES string of the molecule is Cc1cc(C(=O)Nc2cccc([N+](=O)[O-])c2C)ccc1F. The summed E-state index contributed by atoms with van der Waals surface area (Å²) in [6.45, 7) is 3.12. The van der Waals surface area contributed by atoms with Crippen molar-refractivity contribution in [2.45, 2.75) is 13.8 Å². The third-order valence-electron chi connectivity index (χ3n) is 3.17. The van der Waals surface area contributed by atoms with Gasteiger partial charge in [0.15, 0.2) is 0 Å². The molecular weight excluding hydrogens is 275 g/mol. The van der Waals surface area contributed by atoms with E-state index in [0.29, 0.717) is 22.4 Å². The monoisotopic (exact) mass is 288 g/mol. The molecule has 0 bridgehead atoms. The fourth-order valence-corrected chi connectivity index (χ4v) is 1.94. The summed E-state index contributed by atoms with van der Waals surface area (Å²) in [5, 5.41) is 13.5. The van der Waals surface area contributed by atoms with Crippen LogP contribution in [0, 0.1) is 29.8 Å². The van der Waals surface area contributed by atoms with Gasteiger partial charge < -0.3 is 5.32 Å². The van der Waals surface area contributed by atoms with Gasteiger partial charge in [-0.1, -0.05) is 6.07 Å². The van der Waals surface area contributed by atoms with Crippen LogP contribution in [-0.2, 0) is 0 Å². The highest BCUT2D eigenvalue weighted by Gasteiger charge is 2.15. The zero-order valence-corrected chi connectivity index (χ0v) is 11.5. The van der Waals surface area contributed by atoms with Crippen molar-refractivity contribution in [3.8, 4) is 0 Å². The predicted molar refractivity (Wildman–Crippen MR) is 76.9 cm³/mol. The molecule has 2 aromatic carbocycles. The van der Waals surface area contributed by atoms with Crippen molar-refractivity contribution in [2.75, 3.05) is 5.32 Å². The summed E-state index contributed by atoms with van der Waals surface area (Å²) in [7, 11) is 0. The lowest BCUT2D eigenvalue weighted by molar-refractivity contribution is -0.385. The zero-order chi connectivity index (χ0) is 15.6. The minimum Gasteiger partial charge on any atom is -0.321 e. The van der Waals surface area contributed by atoms with Crippen LogP contribution in [0.5, 0.6) is 0 Å². The number of rotatable bonds is 3. The Balaban J connectivity index is 2.29. The first-order chi connectivity index (χ1) is 9.90. The summed E-state index contributed by atoms with van der Waals surface area (Å²) in [4.78, 5) is 22.5. The number of carbonyl (C=O) groups excluding carboxylic acids is 1. The number of anilines is 1. The van der Waals surface area contributed by atoms with Gasteiger partial charge in [0, 0.05) is 11.6 Å². The fourth-order valence-electron chi connectivity index (χ4n) is 1.94. The van der Waals surface area contributed by atoms with Crippen LogP contribution in [0.1, 0.15) is 21.5 Å². The average Bonchev–Trinajstić information content (AvgIpc) is 2.43. The van der Waals surface area contributed by atoms with Crippen LogP contribution < -0.4 is 5.32 Å². The van der Waals surface area contributed by atoms with Gasteiger partial charge in [0.05, 0.1) is 16.2 Å². The third-order valence-corrected chi connectivity index (χ3v) is 3.17. The molecule has 0 unspecified atom stereocenters. The molecule has 2 rings (SSSR count). The van der Waals surface area contributed by atoms with Crippen molar-refractivity contribution >= 4 is 17.3 Å². The molecule has 6 heteroatoms. The molecule has 0 aliphatic rings. The van der Waals surface area contributed by atoms with E-state index in [4.69, 9.17) is 0 Å². The first-order valence-corrected chi connectivity index (χ1v) is 6.21. The van der Waals surface area contributed by atoms with Crippen molar-refractivity contribution < 1.29 is 14.1 Å². The highest BCUT2D eigenvalue weighted by atomic mass is 19.1. The number of benzene rings is 2. The Bertz CT molecular complexity index is 729. The number of carbonyl (C=O) groups is 1. The van der Waals surface area contributed by atoms with Crippen LogP contribution in [-0.4, -0.2) is 10.8 Å². The lowest BCUT2D eigenvalue weighted by Crippen LogP contribution is -2.13. The van der Waals surface area contributed by atoms with Gasteiger partial charge in [0.25, 0.3) is 11.6 Å². The molecule has 5 nitrogen and oxygen atoms in total. The van der Waals surface area contributed by atoms with Crippen LogP contribution in [0.4, 0.5) is 15.8 Å². The third kappa shape index (κ3) is 3.05. The van der Waals surface area contributed by atoms with E-state index in [1.54, 1.807) is 19.9 Å². The van der Waals surface area contributed by atoms with Gasteiger partial charge >= 0.3 is 0 Å². The Hall–Kier alpha value is -2.76. The molecule has 1 N–H and O–H groups in total. The second-order valence-corrected chi connectivity index (χ2v) is 4.62. The molecule has 0 atom stereocenters. The minimum absolute atomic E-state index is 0.0666. The van der Waals surface area contributed by atoms with E-state index < -0.39 is 16.6 Å². The standard InChI is InChI=1S/C15H13FN2O3/c1-9-8-11(6-7-12(9)16)15(19)17-13-4-3-5-14(10(13)2)18(20)21/h3-8H,1-2H3,(H,17,19). The molecule has 1 amide bonds. The van der Waals surface area contributed by atoms with E-state index in [2.05, 4.69) is 5.32 Å². The number of amides is 1. The molecule has 0 radical (unpaired) electrons. The van der Waals surface area contributed by atoms with E-state index in [0.717, 1.165) is 0 Å². The molecule has 21 heavy (non-hydrogen) atoms. The van der Waals surface area contributed by atoms with E-state index >= 15 is 0 Å². The average molecular weight is 288 g/mol. The number of aryl methyl sites for hydroxylation is 1. The largest absolute Gasteiger partial charge is 0.321 e. The summed E-state index contributed by atoms with van der Waals surface area (Å²) in [5.41, 5.74) is 1.31. The molecule has 0 aliphatic heterocycles. The molecule has 0 saturated heterocycles. The highest BCUT2D eigenvalue weighted by Crippen LogP contribution is 2.25. The lowest BCUT2D eigenvalue weighted by atomic mass is 10.1. The van der Waals surface area contributed by atoms with Gasteiger partial charge in [0.1, 0.15) is 5.82 Å². The number of nitro groups is 1. The summed E-state index contributed by atoms with van der Waals surface area (Å²) in [6.07, 6.45) is 0. The first kappa shape index (κ1) is 14.6. The maximum absolute atomic E-state index is 13.2. The molecule has 0 spiro atoms. The Morgan fingerprint density at radius 1 is 1.24 bits per heavy atom. The van der Waals surface area contributed by atoms with Gasteiger partial charge in [-0.05, 0) is 43.7 Å². The number of nitro benzene ring substituents is 1. The minimum atomic E-state index is -0.507. The Labute approximate surface area is 120 Å². The van der Waals surface area contributed by atoms with Crippen LogP contribution in [0.2, 0.25) is 0 Å². The van der Waals surface area contributed by atoms with E-state index in [-0.39, 0.29) is 5.69 Å². The summed E-state index contributed by atoms with van der Waals surface area (Å²) in [5.74, 6) is -0.834. The van der Waals surface area contributed by atoms with E-state index in [9.17, 15) is 19.3 Å². The zero-order valence-electron chi connectivity index (χ0n) is 11.5. The Morgan fingerprint density at radius 2 is 1.95 bits per heavy atom. The first-order valence-electron chi connectivity index (χ1n) is 6.21. The van der Waals surface area contributed by atoms with E-state index in [1.165, 1.54) is 30.3 Å². The molecule has 108 valence electrons. The summed E-state index contributed by atoms with van der Waals surface area (Å²) < 4.78 is 13.2. The van der Waals surface area contributed by atoms with Crippen molar-refractivity contribution in [3.05, 3.63) is 69.0 Å². The van der Waals surface area contributed by atoms with Crippen molar-refractivity contribution in [2.24, 2.45) is 0 Å². The molecule has 0 fully saturated rings. The van der Waals surface area contributed by atoms with Crippen LogP contribution in [0.25, 0.3) is 0 Å². The Kier molecular flexibility index (Phi) is 3.98. The lowest BCUT2D eigenvalue weighted by Gasteiger charge is -2.09. The van der Waals surface area contributed by atoms with Gasteiger partial charge in [-0.2, -0.15) is 0 Å². The normalized spacial score (nSPS) is 10.2.